The third-order valence-corrected chi connectivity index (χ3v) is 4.85. The van der Waals surface area contributed by atoms with Gasteiger partial charge in [-0.3, -0.25) is 0 Å². The summed E-state index contributed by atoms with van der Waals surface area (Å²) >= 11 is 1.92. The van der Waals surface area contributed by atoms with Crippen LogP contribution in [0.25, 0.3) is 0 Å². The molecule has 1 saturated heterocycles. The van der Waals surface area contributed by atoms with Crippen LogP contribution in [0.4, 0.5) is 0 Å². The zero-order valence-corrected chi connectivity index (χ0v) is 11.1. The summed E-state index contributed by atoms with van der Waals surface area (Å²) in [5.41, 5.74) is 1.43. The number of hydrogen-bond acceptors (Lipinski definition) is 3. The second-order valence-electron chi connectivity index (χ2n) is 4.98. The van der Waals surface area contributed by atoms with Crippen molar-refractivity contribution in [2.45, 2.75) is 12.8 Å². The normalized spacial score (nSPS) is 19.6. The van der Waals surface area contributed by atoms with Crippen molar-refractivity contribution in [1.29, 1.82) is 0 Å². The van der Waals surface area contributed by atoms with E-state index >= 15 is 0 Å². The van der Waals surface area contributed by atoms with Crippen LogP contribution >= 0.6 is 11.8 Å². The first-order valence-electron chi connectivity index (χ1n) is 6.07. The van der Waals surface area contributed by atoms with Gasteiger partial charge in [-0.05, 0) is 17.2 Å². The topological polar surface area (TPSA) is 29.5 Å². The van der Waals surface area contributed by atoms with Crippen LogP contribution in [0.5, 0.6) is 0 Å². The van der Waals surface area contributed by atoms with E-state index in [-0.39, 0.29) is 12.0 Å². The second kappa shape index (κ2) is 5.89. The summed E-state index contributed by atoms with van der Waals surface area (Å²) in [4.78, 5) is 0. The van der Waals surface area contributed by atoms with Crippen molar-refractivity contribution in [2.24, 2.45) is 5.41 Å². The molecule has 2 rings (SSSR count). The van der Waals surface area contributed by atoms with Gasteiger partial charge in [-0.15, -0.1) is 0 Å². The number of hydrogen-bond donors (Lipinski definition) is 1. The molecular weight excluding hydrogens is 232 g/mol. The van der Waals surface area contributed by atoms with Crippen LogP contribution in [-0.4, -0.2) is 36.4 Å². The van der Waals surface area contributed by atoms with Gasteiger partial charge >= 0.3 is 0 Å². The minimum atomic E-state index is 0.0427. The molecule has 1 aromatic rings. The Morgan fingerprint density at radius 2 is 2.06 bits per heavy atom. The molecule has 0 spiro atoms. The van der Waals surface area contributed by atoms with E-state index in [0.29, 0.717) is 5.92 Å². The zero-order chi connectivity index (χ0) is 12.1. The molecule has 94 valence electrons. The highest BCUT2D eigenvalue weighted by molar-refractivity contribution is 7.99. The molecule has 3 heteroatoms. The highest BCUT2D eigenvalue weighted by Crippen LogP contribution is 2.32. The largest absolute Gasteiger partial charge is 0.396 e. The minimum absolute atomic E-state index is 0.0427. The first-order chi connectivity index (χ1) is 8.26. The molecule has 0 saturated carbocycles. The number of ether oxygens (including phenoxy) is 1. The van der Waals surface area contributed by atoms with Gasteiger partial charge in [0.25, 0.3) is 0 Å². The molecule has 0 bridgehead atoms. The molecular formula is C14H20O2S. The van der Waals surface area contributed by atoms with E-state index in [0.717, 1.165) is 24.7 Å². The molecule has 1 N–H and O–H groups in total. The van der Waals surface area contributed by atoms with Crippen LogP contribution in [0.15, 0.2) is 30.3 Å². The number of aliphatic hydroxyl groups is 1. The Kier molecular flexibility index (Phi) is 4.48. The Morgan fingerprint density at radius 3 is 2.59 bits per heavy atom. The maximum Gasteiger partial charge on any atom is 0.0575 e. The smallest absolute Gasteiger partial charge is 0.0575 e. The van der Waals surface area contributed by atoms with Crippen LogP contribution in [0.3, 0.4) is 0 Å². The zero-order valence-electron chi connectivity index (χ0n) is 10.3. The number of thioether (sulfide) groups is 1. The minimum Gasteiger partial charge on any atom is -0.396 e. The molecule has 17 heavy (non-hydrogen) atoms. The first-order valence-corrected chi connectivity index (χ1v) is 7.22. The van der Waals surface area contributed by atoms with Crippen LogP contribution in [0.2, 0.25) is 0 Å². The van der Waals surface area contributed by atoms with Crippen LogP contribution in [0, 0.1) is 5.41 Å². The SMILES string of the molecule is CC(CSCC1(CO)COC1)c1ccccc1. The van der Waals surface area contributed by atoms with E-state index in [4.69, 9.17) is 4.74 Å². The van der Waals surface area contributed by atoms with Crippen molar-refractivity contribution in [3.05, 3.63) is 35.9 Å². The van der Waals surface area contributed by atoms with Crippen molar-refractivity contribution in [1.82, 2.24) is 0 Å². The monoisotopic (exact) mass is 252 g/mol. The summed E-state index contributed by atoms with van der Waals surface area (Å²) < 4.78 is 5.20. The van der Waals surface area contributed by atoms with Gasteiger partial charge in [-0.2, -0.15) is 11.8 Å². The lowest BCUT2D eigenvalue weighted by atomic mass is 9.90. The molecule has 1 heterocycles. The van der Waals surface area contributed by atoms with Crippen molar-refractivity contribution < 1.29 is 9.84 Å². The maximum atomic E-state index is 9.33. The second-order valence-corrected chi connectivity index (χ2v) is 6.01. The predicted molar refractivity (Wildman–Crippen MR) is 72.5 cm³/mol. The van der Waals surface area contributed by atoms with Crippen LogP contribution in [-0.2, 0) is 4.74 Å². The Hall–Kier alpha value is -0.510. The van der Waals surface area contributed by atoms with Crippen LogP contribution < -0.4 is 0 Å². The summed E-state index contributed by atoms with van der Waals surface area (Å²) in [6.07, 6.45) is 0. The van der Waals surface area contributed by atoms with Gasteiger partial charge in [0.1, 0.15) is 0 Å². The maximum absolute atomic E-state index is 9.33. The van der Waals surface area contributed by atoms with Gasteiger partial charge in [0.05, 0.1) is 19.8 Å². The van der Waals surface area contributed by atoms with Gasteiger partial charge in [0.15, 0.2) is 0 Å². The van der Waals surface area contributed by atoms with Crippen molar-refractivity contribution in [3.8, 4) is 0 Å². The molecule has 1 aromatic carbocycles. The Bertz CT molecular complexity index is 330. The Morgan fingerprint density at radius 1 is 1.35 bits per heavy atom. The predicted octanol–water partition coefficient (Wildman–Crippen LogP) is 2.53. The molecule has 0 aliphatic carbocycles. The average Bonchev–Trinajstić information content (AvgIpc) is 2.33. The van der Waals surface area contributed by atoms with E-state index < -0.39 is 0 Å². The highest BCUT2D eigenvalue weighted by Gasteiger charge is 2.37. The molecule has 0 aromatic heterocycles. The molecule has 2 nitrogen and oxygen atoms in total. The first kappa shape index (κ1) is 12.9. The Labute approximate surface area is 107 Å². The van der Waals surface area contributed by atoms with E-state index in [9.17, 15) is 5.11 Å². The summed E-state index contributed by atoms with van der Waals surface area (Å²) in [5.74, 6) is 2.67. The molecule has 1 unspecified atom stereocenters. The molecule has 1 fully saturated rings. The molecule has 1 aliphatic heterocycles. The standard InChI is InChI=1S/C14H20O2S/c1-12(13-5-3-2-4-6-13)7-17-11-14(8-15)9-16-10-14/h2-6,12,15H,7-11H2,1H3. The summed E-state index contributed by atoms with van der Waals surface area (Å²) in [5, 5.41) is 9.33. The molecule has 0 amide bonds. The van der Waals surface area contributed by atoms with Crippen molar-refractivity contribution in [2.75, 3.05) is 31.3 Å². The summed E-state index contributed by atoms with van der Waals surface area (Å²) in [6, 6.07) is 10.6. The van der Waals surface area contributed by atoms with Gasteiger partial charge in [0, 0.05) is 11.2 Å². The molecule has 1 atom stereocenters. The highest BCUT2D eigenvalue weighted by atomic mass is 32.2. The lowest BCUT2D eigenvalue weighted by Gasteiger charge is -2.39. The fourth-order valence-corrected chi connectivity index (χ4v) is 3.30. The third-order valence-electron chi connectivity index (χ3n) is 3.30. The van der Waals surface area contributed by atoms with Gasteiger partial charge < -0.3 is 9.84 Å². The number of aliphatic hydroxyl groups excluding tert-OH is 1. The van der Waals surface area contributed by atoms with E-state index in [1.54, 1.807) is 0 Å². The van der Waals surface area contributed by atoms with Crippen molar-refractivity contribution >= 4 is 11.8 Å². The van der Waals surface area contributed by atoms with E-state index in [1.807, 2.05) is 11.8 Å². The van der Waals surface area contributed by atoms with Gasteiger partial charge in [0.2, 0.25) is 0 Å². The summed E-state index contributed by atoms with van der Waals surface area (Å²) in [6.45, 7) is 3.94. The van der Waals surface area contributed by atoms with E-state index in [1.165, 1.54) is 5.56 Å². The molecule has 1 aliphatic rings. The van der Waals surface area contributed by atoms with Gasteiger partial charge in [-0.25, -0.2) is 0 Å². The quantitative estimate of drug-likeness (QED) is 0.843. The van der Waals surface area contributed by atoms with Crippen LogP contribution in [0.1, 0.15) is 18.4 Å². The summed E-state index contributed by atoms with van der Waals surface area (Å²) in [7, 11) is 0. The lowest BCUT2D eigenvalue weighted by Crippen LogP contribution is -2.47. The van der Waals surface area contributed by atoms with Crippen molar-refractivity contribution in [3.63, 3.8) is 0 Å². The number of benzene rings is 1. The average molecular weight is 252 g/mol. The number of rotatable bonds is 6. The van der Waals surface area contributed by atoms with E-state index in [2.05, 4.69) is 37.3 Å². The fourth-order valence-electron chi connectivity index (χ4n) is 1.94. The fraction of sp³-hybridized carbons (Fsp3) is 0.571. The molecule has 0 radical (unpaired) electrons. The Balaban J connectivity index is 1.75. The van der Waals surface area contributed by atoms with Gasteiger partial charge in [-0.1, -0.05) is 37.3 Å². The third kappa shape index (κ3) is 3.24. The lowest BCUT2D eigenvalue weighted by molar-refractivity contribution is -0.121.